The van der Waals surface area contributed by atoms with Crippen LogP contribution in [0.15, 0.2) is 12.1 Å². The number of hydrogen-bond donors (Lipinski definition) is 0. The van der Waals surface area contributed by atoms with Gasteiger partial charge in [0.1, 0.15) is 0 Å². The molecule has 3 nitrogen and oxygen atoms in total. The summed E-state index contributed by atoms with van der Waals surface area (Å²) in [6.45, 7) is 2.24. The molecule has 3 aliphatic carbocycles. The van der Waals surface area contributed by atoms with Crippen LogP contribution in [0.25, 0.3) is 0 Å². The zero-order valence-electron chi connectivity index (χ0n) is 13.8. The third kappa shape index (κ3) is 1.54. The molecule has 0 radical (unpaired) electrons. The zero-order valence-corrected chi connectivity index (χ0v) is 13.8. The second kappa shape index (κ2) is 4.40. The zero-order chi connectivity index (χ0) is 16.1. The Hall–Kier alpha value is -1.42. The van der Waals surface area contributed by atoms with Gasteiger partial charge in [0.05, 0.1) is 0 Å². The van der Waals surface area contributed by atoms with Gasteiger partial charge in [0.25, 0.3) is 0 Å². The smallest absolute Gasteiger partial charge is 0.174 e. The van der Waals surface area contributed by atoms with E-state index < -0.39 is 6.10 Å². The fourth-order valence-electron chi connectivity index (χ4n) is 6.25. The molecule has 1 saturated heterocycles. The molecule has 0 unspecified atom stereocenters. The molecular weight excluding hydrogens is 305 g/mol. The van der Waals surface area contributed by atoms with Gasteiger partial charge in [-0.15, -0.1) is 0 Å². The van der Waals surface area contributed by atoms with Crippen molar-refractivity contribution in [2.45, 2.75) is 56.1 Å². The SMILES string of the molecule is O=C1CC[C@H]2[C@H]3Cc4ccc(F)c5c4[C@@]2(CCN3CC2CC2)[C@H]1O5. The number of nitrogens with zero attached hydrogens (tertiary/aromatic N) is 1. The fraction of sp³-hybridized carbons (Fsp3) is 0.650. The Morgan fingerprint density at radius 3 is 3.00 bits per heavy atom. The Morgan fingerprint density at radius 1 is 1.29 bits per heavy atom. The molecule has 0 N–H and O–H groups in total. The summed E-state index contributed by atoms with van der Waals surface area (Å²) in [5.41, 5.74) is 2.05. The minimum Gasteiger partial charge on any atom is -0.478 e. The van der Waals surface area contributed by atoms with E-state index >= 15 is 0 Å². The predicted octanol–water partition coefficient (Wildman–Crippen LogP) is 2.84. The lowest BCUT2D eigenvalue weighted by Crippen LogP contribution is -2.66. The van der Waals surface area contributed by atoms with Gasteiger partial charge in [-0.2, -0.15) is 0 Å². The van der Waals surface area contributed by atoms with E-state index in [0.29, 0.717) is 24.1 Å². The van der Waals surface area contributed by atoms with Crippen LogP contribution in [0.4, 0.5) is 4.39 Å². The molecular formula is C20H22FNO2. The Kier molecular flexibility index (Phi) is 2.53. The number of Topliss-reactive ketones (excluding diaryl/α,β-unsaturated/α-hetero) is 1. The Labute approximate surface area is 141 Å². The predicted molar refractivity (Wildman–Crippen MR) is 86.6 cm³/mol. The van der Waals surface area contributed by atoms with Crippen LogP contribution in [0.1, 0.15) is 43.2 Å². The topological polar surface area (TPSA) is 29.5 Å². The molecule has 4 atom stereocenters. The highest BCUT2D eigenvalue weighted by atomic mass is 19.1. The lowest BCUT2D eigenvalue weighted by Gasteiger charge is -2.57. The average molecular weight is 327 g/mol. The fourth-order valence-corrected chi connectivity index (χ4v) is 6.25. The van der Waals surface area contributed by atoms with Crippen molar-refractivity contribution in [3.8, 4) is 5.75 Å². The van der Waals surface area contributed by atoms with Gasteiger partial charge in [-0.25, -0.2) is 4.39 Å². The highest BCUT2D eigenvalue weighted by molar-refractivity contribution is 5.88. The van der Waals surface area contributed by atoms with Crippen LogP contribution >= 0.6 is 0 Å². The maximum absolute atomic E-state index is 14.4. The monoisotopic (exact) mass is 327 g/mol. The summed E-state index contributed by atoms with van der Waals surface area (Å²) in [6.07, 6.45) is 5.78. The number of benzene rings is 1. The minimum atomic E-state index is -0.437. The highest BCUT2D eigenvalue weighted by Crippen LogP contribution is 2.62. The lowest BCUT2D eigenvalue weighted by atomic mass is 9.51. The number of ketones is 1. The minimum absolute atomic E-state index is 0.184. The largest absolute Gasteiger partial charge is 0.478 e. The van der Waals surface area contributed by atoms with Crippen molar-refractivity contribution < 1.29 is 13.9 Å². The second-order valence-electron chi connectivity index (χ2n) is 8.52. The lowest BCUT2D eigenvalue weighted by molar-refractivity contribution is -0.138. The highest BCUT2D eigenvalue weighted by Gasteiger charge is 2.65. The van der Waals surface area contributed by atoms with Gasteiger partial charge in [-0.05, 0) is 62.1 Å². The first-order valence-electron chi connectivity index (χ1n) is 9.44. The normalized spacial score (nSPS) is 39.5. The van der Waals surface area contributed by atoms with E-state index in [1.165, 1.54) is 31.0 Å². The molecule has 0 amide bonds. The van der Waals surface area contributed by atoms with Crippen molar-refractivity contribution in [1.29, 1.82) is 0 Å². The molecule has 24 heavy (non-hydrogen) atoms. The summed E-state index contributed by atoms with van der Waals surface area (Å²) < 4.78 is 20.4. The van der Waals surface area contributed by atoms with Gasteiger partial charge in [0, 0.05) is 30.0 Å². The molecule has 3 fully saturated rings. The molecule has 5 aliphatic rings. The third-order valence-corrected chi connectivity index (χ3v) is 7.39. The number of rotatable bonds is 2. The number of halogens is 1. The van der Waals surface area contributed by atoms with E-state index in [2.05, 4.69) is 4.90 Å². The molecule has 126 valence electrons. The van der Waals surface area contributed by atoms with Crippen molar-refractivity contribution in [1.82, 2.24) is 4.90 Å². The van der Waals surface area contributed by atoms with E-state index in [-0.39, 0.29) is 17.0 Å². The molecule has 1 spiro atoms. The molecule has 2 heterocycles. The van der Waals surface area contributed by atoms with Crippen molar-refractivity contribution in [2.24, 2.45) is 11.8 Å². The Bertz CT molecular complexity index is 758. The van der Waals surface area contributed by atoms with Crippen LogP contribution in [0.3, 0.4) is 0 Å². The van der Waals surface area contributed by atoms with Crippen molar-refractivity contribution in [3.63, 3.8) is 0 Å². The number of carbonyl (C=O) groups excluding carboxylic acids is 1. The third-order valence-electron chi connectivity index (χ3n) is 7.39. The second-order valence-corrected chi connectivity index (χ2v) is 8.52. The molecule has 6 rings (SSSR count). The first-order valence-corrected chi connectivity index (χ1v) is 9.44. The molecule has 1 aromatic carbocycles. The number of ether oxygens (including phenoxy) is 1. The van der Waals surface area contributed by atoms with Gasteiger partial charge < -0.3 is 4.74 Å². The summed E-state index contributed by atoms with van der Waals surface area (Å²) >= 11 is 0. The van der Waals surface area contributed by atoms with Crippen LogP contribution in [-0.4, -0.2) is 35.9 Å². The Balaban J connectivity index is 1.53. The molecule has 2 saturated carbocycles. The molecule has 2 aliphatic heterocycles. The molecule has 2 bridgehead atoms. The summed E-state index contributed by atoms with van der Waals surface area (Å²) in [5, 5.41) is 0. The average Bonchev–Trinajstić information content (AvgIpc) is 3.32. The van der Waals surface area contributed by atoms with Gasteiger partial charge in [0.2, 0.25) is 0 Å². The summed E-state index contributed by atoms with van der Waals surface area (Å²) in [6, 6.07) is 3.99. The van der Waals surface area contributed by atoms with E-state index in [1.807, 2.05) is 6.07 Å². The number of piperidine rings is 1. The van der Waals surface area contributed by atoms with Gasteiger partial charge in [-0.1, -0.05) is 6.07 Å². The summed E-state index contributed by atoms with van der Waals surface area (Å²) in [4.78, 5) is 15.3. The Morgan fingerprint density at radius 2 is 2.17 bits per heavy atom. The van der Waals surface area contributed by atoms with Gasteiger partial charge in [0.15, 0.2) is 23.5 Å². The van der Waals surface area contributed by atoms with Crippen molar-refractivity contribution in [3.05, 3.63) is 29.1 Å². The number of hydrogen-bond acceptors (Lipinski definition) is 3. The molecule has 1 aromatic rings. The first kappa shape index (κ1) is 13.8. The molecule has 4 heteroatoms. The van der Waals surface area contributed by atoms with Gasteiger partial charge >= 0.3 is 0 Å². The molecule has 0 aromatic heterocycles. The van der Waals surface area contributed by atoms with Crippen LogP contribution in [0, 0.1) is 17.7 Å². The number of likely N-dealkylation sites (tertiary alicyclic amines) is 1. The van der Waals surface area contributed by atoms with Gasteiger partial charge in [-0.3, -0.25) is 9.69 Å². The van der Waals surface area contributed by atoms with Crippen LogP contribution in [-0.2, 0) is 16.6 Å². The quantitative estimate of drug-likeness (QED) is 0.836. The maximum atomic E-state index is 14.4. The van der Waals surface area contributed by atoms with Crippen molar-refractivity contribution in [2.75, 3.05) is 13.1 Å². The maximum Gasteiger partial charge on any atom is 0.174 e. The van der Waals surface area contributed by atoms with E-state index in [0.717, 1.165) is 37.3 Å². The van der Waals surface area contributed by atoms with Crippen LogP contribution in [0.5, 0.6) is 5.75 Å². The van der Waals surface area contributed by atoms with Crippen LogP contribution in [0.2, 0.25) is 0 Å². The van der Waals surface area contributed by atoms with E-state index in [1.54, 1.807) is 0 Å². The van der Waals surface area contributed by atoms with E-state index in [4.69, 9.17) is 4.74 Å². The standard InChI is InChI=1S/C20H22FNO2/c21-14-5-3-12-9-15-13-4-6-16(23)19-20(13,17(12)18(14)24-19)7-8-22(15)10-11-1-2-11/h3,5,11,13,15,19H,1-2,4,6-10H2/t13-,15+,19-,20-/m0/s1. The number of carbonyl (C=O) groups is 1. The van der Waals surface area contributed by atoms with Crippen LogP contribution < -0.4 is 4.74 Å². The summed E-state index contributed by atoms with van der Waals surface area (Å²) in [7, 11) is 0. The summed E-state index contributed by atoms with van der Waals surface area (Å²) in [5.74, 6) is 1.62. The van der Waals surface area contributed by atoms with E-state index in [9.17, 15) is 9.18 Å². The van der Waals surface area contributed by atoms with Crippen molar-refractivity contribution >= 4 is 5.78 Å². The first-order chi connectivity index (χ1) is 11.7.